The van der Waals surface area contributed by atoms with Crippen molar-refractivity contribution in [1.82, 2.24) is 23.9 Å². The normalized spacial score (nSPS) is 15.0. The molecule has 0 atom stereocenters. The molecule has 32 heavy (non-hydrogen) atoms. The summed E-state index contributed by atoms with van der Waals surface area (Å²) in [5, 5.41) is 0. The maximum Gasteiger partial charge on any atom is 0.163 e. The number of imidazole rings is 2. The molecular formula is C27H27N5. The van der Waals surface area contributed by atoms with Crippen molar-refractivity contribution in [2.45, 2.75) is 51.5 Å². The molecule has 6 rings (SSSR count). The SMILES string of the molecule is CCc1ccc(-c2cn3ccnc3c(-c3ccc4ncn(C5CCCCC5)c4c3)n2)cc1. The van der Waals surface area contributed by atoms with Crippen LogP contribution < -0.4 is 0 Å². The molecule has 1 aliphatic carbocycles. The zero-order valence-corrected chi connectivity index (χ0v) is 18.4. The summed E-state index contributed by atoms with van der Waals surface area (Å²) in [6, 6.07) is 15.7. The molecule has 0 spiro atoms. The smallest absolute Gasteiger partial charge is 0.163 e. The molecule has 0 bridgehead atoms. The monoisotopic (exact) mass is 421 g/mol. The first-order chi connectivity index (χ1) is 15.8. The zero-order chi connectivity index (χ0) is 21.5. The van der Waals surface area contributed by atoms with Crippen LogP contribution in [0.2, 0.25) is 0 Å². The number of rotatable bonds is 4. The first-order valence-electron chi connectivity index (χ1n) is 11.7. The molecule has 5 aromatic rings. The summed E-state index contributed by atoms with van der Waals surface area (Å²) < 4.78 is 4.46. The molecule has 0 aliphatic heterocycles. The van der Waals surface area contributed by atoms with Gasteiger partial charge in [0.25, 0.3) is 0 Å². The molecule has 1 saturated carbocycles. The van der Waals surface area contributed by atoms with Gasteiger partial charge in [-0.3, -0.25) is 0 Å². The maximum atomic E-state index is 5.09. The van der Waals surface area contributed by atoms with Crippen LogP contribution in [0.15, 0.2) is 67.4 Å². The van der Waals surface area contributed by atoms with Gasteiger partial charge in [-0.1, -0.05) is 56.5 Å². The van der Waals surface area contributed by atoms with Crippen molar-refractivity contribution >= 4 is 16.7 Å². The van der Waals surface area contributed by atoms with Gasteiger partial charge in [0, 0.05) is 35.8 Å². The first kappa shape index (κ1) is 19.2. The highest BCUT2D eigenvalue weighted by Crippen LogP contribution is 2.33. The number of hydrogen-bond donors (Lipinski definition) is 0. The summed E-state index contributed by atoms with van der Waals surface area (Å²) in [4.78, 5) is 14.4. The average molecular weight is 422 g/mol. The van der Waals surface area contributed by atoms with Crippen LogP contribution in [0.3, 0.4) is 0 Å². The standard InChI is InChI=1S/C27H27N5/c1-2-19-8-10-20(11-9-19)24-17-31-15-14-28-27(31)26(30-24)21-12-13-23-25(16-21)32(18-29-23)22-6-4-3-5-7-22/h8-18,22H,2-7H2,1H3. The minimum atomic E-state index is 0.548. The minimum absolute atomic E-state index is 0.548. The van der Waals surface area contributed by atoms with Crippen LogP contribution in [0.25, 0.3) is 39.2 Å². The van der Waals surface area contributed by atoms with Gasteiger partial charge >= 0.3 is 0 Å². The lowest BCUT2D eigenvalue weighted by Gasteiger charge is -2.23. The van der Waals surface area contributed by atoms with E-state index >= 15 is 0 Å². The molecule has 0 amide bonds. The minimum Gasteiger partial charge on any atom is -0.327 e. The van der Waals surface area contributed by atoms with Crippen LogP contribution in [-0.4, -0.2) is 23.9 Å². The van der Waals surface area contributed by atoms with Crippen molar-refractivity contribution < 1.29 is 0 Å². The van der Waals surface area contributed by atoms with Crippen molar-refractivity contribution in [2.75, 3.05) is 0 Å². The number of nitrogens with zero attached hydrogens (tertiary/aromatic N) is 5. The fraction of sp³-hybridized carbons (Fsp3) is 0.296. The van der Waals surface area contributed by atoms with E-state index in [2.05, 4.69) is 74.5 Å². The predicted molar refractivity (Wildman–Crippen MR) is 129 cm³/mol. The Morgan fingerprint density at radius 2 is 1.75 bits per heavy atom. The molecule has 2 aromatic carbocycles. The number of aryl methyl sites for hydroxylation is 1. The van der Waals surface area contributed by atoms with Gasteiger partial charge in [-0.2, -0.15) is 0 Å². The van der Waals surface area contributed by atoms with Gasteiger partial charge in [0.15, 0.2) is 5.65 Å². The Bertz CT molecular complexity index is 1390. The van der Waals surface area contributed by atoms with Gasteiger partial charge in [0.1, 0.15) is 5.69 Å². The predicted octanol–water partition coefficient (Wildman–Crippen LogP) is 6.48. The Hall–Kier alpha value is -3.47. The van der Waals surface area contributed by atoms with E-state index in [1.165, 1.54) is 43.2 Å². The van der Waals surface area contributed by atoms with Gasteiger partial charge in [0.05, 0.1) is 23.1 Å². The van der Waals surface area contributed by atoms with Crippen molar-refractivity contribution in [3.63, 3.8) is 0 Å². The first-order valence-corrected chi connectivity index (χ1v) is 11.7. The highest BCUT2D eigenvalue weighted by Gasteiger charge is 2.19. The number of aromatic nitrogens is 5. The molecule has 1 aliphatic rings. The van der Waals surface area contributed by atoms with Crippen LogP contribution in [0.5, 0.6) is 0 Å². The third kappa shape index (κ3) is 3.29. The quantitative estimate of drug-likeness (QED) is 0.334. The maximum absolute atomic E-state index is 5.09. The van der Waals surface area contributed by atoms with E-state index in [0.717, 1.165) is 40.1 Å². The van der Waals surface area contributed by atoms with Gasteiger partial charge in [0.2, 0.25) is 0 Å². The molecule has 1 fully saturated rings. The topological polar surface area (TPSA) is 48.0 Å². The van der Waals surface area contributed by atoms with Crippen LogP contribution in [-0.2, 0) is 6.42 Å². The summed E-state index contributed by atoms with van der Waals surface area (Å²) in [5.41, 5.74) is 8.51. The molecule has 160 valence electrons. The van der Waals surface area contributed by atoms with Crippen LogP contribution in [0.4, 0.5) is 0 Å². The van der Waals surface area contributed by atoms with Crippen molar-refractivity contribution in [1.29, 1.82) is 0 Å². The summed E-state index contributed by atoms with van der Waals surface area (Å²) in [5.74, 6) is 0. The summed E-state index contributed by atoms with van der Waals surface area (Å²) in [7, 11) is 0. The van der Waals surface area contributed by atoms with Crippen LogP contribution in [0, 0.1) is 0 Å². The molecule has 0 saturated heterocycles. The van der Waals surface area contributed by atoms with Crippen molar-refractivity contribution in [2.24, 2.45) is 0 Å². The van der Waals surface area contributed by atoms with Gasteiger partial charge in [-0.05, 0) is 37.0 Å². The van der Waals surface area contributed by atoms with Crippen molar-refractivity contribution in [3.8, 4) is 22.5 Å². The van der Waals surface area contributed by atoms with Crippen LogP contribution >= 0.6 is 0 Å². The van der Waals surface area contributed by atoms with E-state index in [0.29, 0.717) is 6.04 Å². The van der Waals surface area contributed by atoms with Gasteiger partial charge in [-0.15, -0.1) is 0 Å². The average Bonchev–Trinajstić information content (AvgIpc) is 3.50. The Labute approximate surface area is 187 Å². The second-order valence-corrected chi connectivity index (χ2v) is 8.83. The number of fused-ring (bicyclic) bond motifs is 2. The van der Waals surface area contributed by atoms with Crippen molar-refractivity contribution in [3.05, 3.63) is 72.9 Å². The lowest BCUT2D eigenvalue weighted by molar-refractivity contribution is 0.359. The van der Waals surface area contributed by atoms with E-state index in [4.69, 9.17) is 4.98 Å². The van der Waals surface area contributed by atoms with E-state index in [1.807, 2.05) is 18.7 Å². The Morgan fingerprint density at radius 1 is 0.938 bits per heavy atom. The molecule has 5 nitrogen and oxygen atoms in total. The third-order valence-electron chi connectivity index (χ3n) is 6.85. The number of benzene rings is 2. The second kappa shape index (κ2) is 7.90. The van der Waals surface area contributed by atoms with Crippen LogP contribution in [0.1, 0.15) is 50.6 Å². The Balaban J connectivity index is 1.49. The molecule has 0 radical (unpaired) electrons. The second-order valence-electron chi connectivity index (χ2n) is 8.83. The summed E-state index contributed by atoms with van der Waals surface area (Å²) in [6.45, 7) is 2.18. The molecule has 3 aromatic heterocycles. The van der Waals surface area contributed by atoms with E-state index < -0.39 is 0 Å². The Morgan fingerprint density at radius 3 is 2.56 bits per heavy atom. The van der Waals surface area contributed by atoms with Gasteiger partial charge in [-0.25, -0.2) is 15.0 Å². The fourth-order valence-electron chi connectivity index (χ4n) is 5.00. The highest BCUT2D eigenvalue weighted by atomic mass is 15.1. The zero-order valence-electron chi connectivity index (χ0n) is 18.4. The molecule has 3 heterocycles. The molecular weight excluding hydrogens is 394 g/mol. The summed E-state index contributed by atoms with van der Waals surface area (Å²) >= 11 is 0. The van der Waals surface area contributed by atoms with Gasteiger partial charge < -0.3 is 8.97 Å². The lowest BCUT2D eigenvalue weighted by Crippen LogP contribution is -2.11. The highest BCUT2D eigenvalue weighted by molar-refractivity contribution is 5.85. The van der Waals surface area contributed by atoms with E-state index in [9.17, 15) is 0 Å². The fourth-order valence-corrected chi connectivity index (χ4v) is 5.00. The largest absolute Gasteiger partial charge is 0.327 e. The molecule has 0 unspecified atom stereocenters. The van der Waals surface area contributed by atoms with E-state index in [1.54, 1.807) is 0 Å². The van der Waals surface area contributed by atoms with E-state index in [-0.39, 0.29) is 0 Å². The third-order valence-corrected chi connectivity index (χ3v) is 6.85. The molecule has 0 N–H and O–H groups in total. The Kier molecular flexibility index (Phi) is 4.75. The summed E-state index contributed by atoms with van der Waals surface area (Å²) in [6.07, 6.45) is 15.4. The molecule has 5 heteroatoms. The lowest BCUT2D eigenvalue weighted by atomic mass is 9.95. The number of hydrogen-bond acceptors (Lipinski definition) is 3.